The predicted octanol–water partition coefficient (Wildman–Crippen LogP) is 7.94. The van der Waals surface area contributed by atoms with Gasteiger partial charge in [-0.15, -0.1) is 0 Å². The van der Waals surface area contributed by atoms with E-state index in [1.807, 2.05) is 42.5 Å². The molecule has 0 spiro atoms. The monoisotopic (exact) mass is 425 g/mol. The van der Waals surface area contributed by atoms with E-state index in [0.29, 0.717) is 12.2 Å². The zero-order valence-corrected chi connectivity index (χ0v) is 18.5. The van der Waals surface area contributed by atoms with Crippen LogP contribution in [-0.2, 0) is 6.61 Å². The Hall–Kier alpha value is -4.35. The number of benzene rings is 5. The second-order valence-corrected chi connectivity index (χ2v) is 8.20. The maximum Gasteiger partial charge on any atom is 0.127 e. The van der Waals surface area contributed by atoms with E-state index in [1.54, 1.807) is 0 Å². The summed E-state index contributed by atoms with van der Waals surface area (Å²) in [5.41, 5.74) is 4.76. The molecule has 0 unspecified atom stereocenters. The molecule has 5 aromatic rings. The fraction of sp³-hybridized carbons (Fsp3) is 0.0645. The smallest absolute Gasteiger partial charge is 0.127 e. The van der Waals surface area contributed by atoms with Crippen molar-refractivity contribution in [2.45, 2.75) is 13.5 Å². The molecule has 0 aliphatic carbocycles. The van der Waals surface area contributed by atoms with Crippen LogP contribution < -0.4 is 4.74 Å². The standard InChI is InChI=1S/C31H23NO/c1-22-10-12-23(13-11-22)21-33-31-17-16-25-7-4-5-9-29(25)30(31)19-28(20-32)27-15-14-24-6-2-3-8-26(24)18-27/h2-19H,21H2,1H3/b28-19-. The van der Waals surface area contributed by atoms with E-state index in [4.69, 9.17) is 4.74 Å². The molecular weight excluding hydrogens is 402 g/mol. The van der Waals surface area contributed by atoms with Crippen molar-refractivity contribution in [3.05, 3.63) is 125 Å². The Morgan fingerprint density at radius 2 is 1.48 bits per heavy atom. The van der Waals surface area contributed by atoms with Gasteiger partial charge in [-0.3, -0.25) is 0 Å². The predicted molar refractivity (Wildman–Crippen MR) is 137 cm³/mol. The van der Waals surface area contributed by atoms with Gasteiger partial charge in [0.25, 0.3) is 0 Å². The Morgan fingerprint density at radius 1 is 0.788 bits per heavy atom. The van der Waals surface area contributed by atoms with Gasteiger partial charge >= 0.3 is 0 Å². The van der Waals surface area contributed by atoms with Crippen LogP contribution in [0.25, 0.3) is 33.2 Å². The Kier molecular flexibility index (Phi) is 5.62. The van der Waals surface area contributed by atoms with Gasteiger partial charge < -0.3 is 4.74 Å². The SMILES string of the molecule is Cc1ccc(COc2ccc3ccccc3c2/C=C(/C#N)c2ccc3ccccc3c2)cc1. The molecule has 0 bridgehead atoms. The number of fused-ring (bicyclic) bond motifs is 2. The van der Waals surface area contributed by atoms with Gasteiger partial charge in [0.1, 0.15) is 12.4 Å². The van der Waals surface area contributed by atoms with E-state index in [1.165, 1.54) is 5.56 Å². The van der Waals surface area contributed by atoms with E-state index < -0.39 is 0 Å². The number of ether oxygens (including phenoxy) is 1. The summed E-state index contributed by atoms with van der Waals surface area (Å²) in [7, 11) is 0. The number of hydrogen-bond acceptors (Lipinski definition) is 2. The minimum atomic E-state index is 0.470. The van der Waals surface area contributed by atoms with E-state index in [2.05, 4.69) is 79.7 Å². The van der Waals surface area contributed by atoms with Gasteiger partial charge in [0.15, 0.2) is 0 Å². The second kappa shape index (κ2) is 9.02. The van der Waals surface area contributed by atoms with Crippen molar-refractivity contribution in [1.29, 1.82) is 5.26 Å². The summed E-state index contributed by atoms with van der Waals surface area (Å²) in [6, 6.07) is 37.4. The van der Waals surface area contributed by atoms with Crippen LogP contribution in [0.1, 0.15) is 22.3 Å². The summed E-state index contributed by atoms with van der Waals surface area (Å²) < 4.78 is 6.27. The van der Waals surface area contributed by atoms with Crippen LogP contribution >= 0.6 is 0 Å². The third-order valence-corrected chi connectivity index (χ3v) is 5.92. The highest BCUT2D eigenvalue weighted by Crippen LogP contribution is 2.33. The van der Waals surface area contributed by atoms with Crippen molar-refractivity contribution < 1.29 is 4.74 Å². The van der Waals surface area contributed by atoms with Crippen LogP contribution in [0.2, 0.25) is 0 Å². The molecule has 0 saturated carbocycles. The summed E-state index contributed by atoms with van der Waals surface area (Å²) in [5.74, 6) is 0.766. The lowest BCUT2D eigenvalue weighted by atomic mass is 9.97. The molecule has 0 heterocycles. The molecule has 2 heteroatoms. The summed E-state index contributed by atoms with van der Waals surface area (Å²) in [5, 5.41) is 14.5. The van der Waals surface area contributed by atoms with Gasteiger partial charge in [0, 0.05) is 5.56 Å². The largest absolute Gasteiger partial charge is 0.488 e. The Balaban J connectivity index is 1.59. The highest BCUT2D eigenvalue weighted by Gasteiger charge is 2.11. The molecule has 0 saturated heterocycles. The highest BCUT2D eigenvalue weighted by molar-refractivity contribution is 6.01. The van der Waals surface area contributed by atoms with Gasteiger partial charge in [0.05, 0.1) is 11.6 Å². The first kappa shape index (κ1) is 20.5. The number of nitrogens with zero attached hydrogens (tertiary/aromatic N) is 1. The third kappa shape index (κ3) is 4.35. The minimum absolute atomic E-state index is 0.470. The molecular formula is C31H23NO. The summed E-state index contributed by atoms with van der Waals surface area (Å²) in [6.45, 7) is 2.55. The average Bonchev–Trinajstić information content (AvgIpc) is 2.87. The molecule has 0 fully saturated rings. The molecule has 0 aliphatic heterocycles. The van der Waals surface area contributed by atoms with E-state index >= 15 is 0 Å². The zero-order valence-electron chi connectivity index (χ0n) is 18.5. The van der Waals surface area contributed by atoms with E-state index in [0.717, 1.165) is 44.0 Å². The molecule has 0 amide bonds. The van der Waals surface area contributed by atoms with Crippen molar-refractivity contribution in [1.82, 2.24) is 0 Å². The van der Waals surface area contributed by atoms with Crippen LogP contribution in [0.3, 0.4) is 0 Å². The highest BCUT2D eigenvalue weighted by atomic mass is 16.5. The molecule has 0 atom stereocenters. The molecule has 158 valence electrons. The van der Waals surface area contributed by atoms with Crippen molar-refractivity contribution in [3.8, 4) is 11.8 Å². The average molecular weight is 426 g/mol. The van der Waals surface area contributed by atoms with E-state index in [-0.39, 0.29) is 0 Å². The molecule has 0 N–H and O–H groups in total. The van der Waals surface area contributed by atoms with Gasteiger partial charge in [-0.1, -0.05) is 96.6 Å². The lowest BCUT2D eigenvalue weighted by molar-refractivity contribution is 0.306. The van der Waals surface area contributed by atoms with Gasteiger partial charge in [-0.05, 0) is 57.8 Å². The number of nitriles is 1. The maximum absolute atomic E-state index is 10.1. The maximum atomic E-state index is 10.1. The van der Waals surface area contributed by atoms with Gasteiger partial charge in [-0.25, -0.2) is 0 Å². The molecule has 0 aliphatic rings. The van der Waals surface area contributed by atoms with Gasteiger partial charge in [0.2, 0.25) is 0 Å². The summed E-state index contributed by atoms with van der Waals surface area (Å²) >= 11 is 0. The van der Waals surface area contributed by atoms with Crippen molar-refractivity contribution in [2.24, 2.45) is 0 Å². The van der Waals surface area contributed by atoms with E-state index in [9.17, 15) is 5.26 Å². The third-order valence-electron chi connectivity index (χ3n) is 5.92. The summed E-state index contributed by atoms with van der Waals surface area (Å²) in [6.07, 6.45) is 1.96. The lowest BCUT2D eigenvalue weighted by Gasteiger charge is -2.13. The minimum Gasteiger partial charge on any atom is -0.488 e. The second-order valence-electron chi connectivity index (χ2n) is 8.20. The topological polar surface area (TPSA) is 33.0 Å². The van der Waals surface area contributed by atoms with Crippen molar-refractivity contribution in [3.63, 3.8) is 0 Å². The van der Waals surface area contributed by atoms with Crippen molar-refractivity contribution in [2.75, 3.05) is 0 Å². The first-order chi connectivity index (χ1) is 16.2. The normalized spacial score (nSPS) is 11.5. The zero-order chi connectivity index (χ0) is 22.6. The number of allylic oxidation sites excluding steroid dienone is 1. The van der Waals surface area contributed by atoms with Crippen LogP contribution in [0.5, 0.6) is 5.75 Å². The molecule has 5 aromatic carbocycles. The first-order valence-electron chi connectivity index (χ1n) is 11.0. The fourth-order valence-corrected chi connectivity index (χ4v) is 4.08. The number of aryl methyl sites for hydroxylation is 1. The quantitative estimate of drug-likeness (QED) is 0.211. The summed E-state index contributed by atoms with van der Waals surface area (Å²) in [4.78, 5) is 0. The van der Waals surface area contributed by atoms with Crippen LogP contribution in [0.15, 0.2) is 103 Å². The first-order valence-corrected chi connectivity index (χ1v) is 11.0. The Labute approximate surface area is 194 Å². The lowest BCUT2D eigenvalue weighted by Crippen LogP contribution is -1.98. The van der Waals surface area contributed by atoms with Crippen LogP contribution in [-0.4, -0.2) is 0 Å². The van der Waals surface area contributed by atoms with Crippen LogP contribution in [0.4, 0.5) is 0 Å². The molecule has 0 aromatic heterocycles. The van der Waals surface area contributed by atoms with Crippen molar-refractivity contribution >= 4 is 33.2 Å². The molecule has 0 radical (unpaired) electrons. The number of rotatable bonds is 5. The van der Waals surface area contributed by atoms with Gasteiger partial charge in [-0.2, -0.15) is 5.26 Å². The Morgan fingerprint density at radius 3 is 2.27 bits per heavy atom. The Bertz CT molecular complexity index is 1520. The molecule has 5 rings (SSSR count). The molecule has 33 heavy (non-hydrogen) atoms. The number of hydrogen-bond donors (Lipinski definition) is 0. The molecule has 2 nitrogen and oxygen atoms in total. The fourth-order valence-electron chi connectivity index (χ4n) is 4.08. The van der Waals surface area contributed by atoms with Crippen LogP contribution in [0, 0.1) is 18.3 Å².